The third kappa shape index (κ3) is 5.68. The number of carbonyl (C=O) groups is 1. The topological polar surface area (TPSA) is 78.5 Å². The van der Waals surface area contributed by atoms with Crippen molar-refractivity contribution in [2.75, 3.05) is 14.1 Å². The van der Waals surface area contributed by atoms with Gasteiger partial charge in [0.1, 0.15) is 0 Å². The van der Waals surface area contributed by atoms with Gasteiger partial charge in [-0.15, -0.1) is 0 Å². The van der Waals surface area contributed by atoms with Gasteiger partial charge in [0.2, 0.25) is 10.0 Å². The molecule has 0 radical (unpaired) electrons. The predicted octanol–water partition coefficient (Wildman–Crippen LogP) is 3.29. The summed E-state index contributed by atoms with van der Waals surface area (Å²) in [7, 11) is 0.0379. The standard InChI is InChI=1S/C23H31N3O3S/c1-24-30(28,29)22-14-12-18(13-15-22)23(27)25-16-19-8-6-7-9-20(19)17-26(2)21-10-4-3-5-11-21/h6-9,12-15,21,24H,3-5,10-11,16-17H2,1-2H3,(H,25,27). The number of hydrogen-bond donors (Lipinski definition) is 2. The van der Waals surface area contributed by atoms with Crippen molar-refractivity contribution < 1.29 is 13.2 Å². The van der Waals surface area contributed by atoms with E-state index in [1.165, 1.54) is 69.0 Å². The lowest BCUT2D eigenvalue weighted by Crippen LogP contribution is -2.33. The summed E-state index contributed by atoms with van der Waals surface area (Å²) in [5, 5.41) is 2.96. The zero-order valence-corrected chi connectivity index (χ0v) is 18.5. The molecule has 0 bridgehead atoms. The van der Waals surface area contributed by atoms with E-state index in [2.05, 4.69) is 28.1 Å². The lowest BCUT2D eigenvalue weighted by molar-refractivity contribution is 0.0950. The molecule has 6 nitrogen and oxygen atoms in total. The summed E-state index contributed by atoms with van der Waals surface area (Å²) in [5.41, 5.74) is 2.76. The Bertz CT molecular complexity index is 952. The Morgan fingerprint density at radius 2 is 1.63 bits per heavy atom. The molecule has 1 aliphatic carbocycles. The van der Waals surface area contributed by atoms with Gasteiger partial charge in [0.05, 0.1) is 4.90 Å². The highest BCUT2D eigenvalue weighted by atomic mass is 32.2. The van der Waals surface area contributed by atoms with E-state index in [0.717, 1.165) is 12.1 Å². The molecule has 0 aliphatic heterocycles. The van der Waals surface area contributed by atoms with Crippen LogP contribution in [0.2, 0.25) is 0 Å². The van der Waals surface area contributed by atoms with Crippen LogP contribution >= 0.6 is 0 Å². The summed E-state index contributed by atoms with van der Waals surface area (Å²) in [4.78, 5) is 15.1. The molecule has 3 rings (SSSR count). The highest BCUT2D eigenvalue weighted by Crippen LogP contribution is 2.23. The molecule has 0 heterocycles. The maximum Gasteiger partial charge on any atom is 0.251 e. The smallest absolute Gasteiger partial charge is 0.251 e. The molecular formula is C23H31N3O3S. The Labute approximate surface area is 179 Å². The second kappa shape index (κ2) is 10.2. The third-order valence-electron chi connectivity index (χ3n) is 5.87. The molecule has 2 aromatic carbocycles. The highest BCUT2D eigenvalue weighted by Gasteiger charge is 2.19. The first kappa shape index (κ1) is 22.5. The minimum Gasteiger partial charge on any atom is -0.348 e. The summed E-state index contributed by atoms with van der Waals surface area (Å²) < 4.78 is 25.9. The van der Waals surface area contributed by atoms with E-state index in [1.54, 1.807) is 0 Å². The first-order chi connectivity index (χ1) is 14.4. The average Bonchev–Trinajstić information content (AvgIpc) is 2.79. The van der Waals surface area contributed by atoms with Gasteiger partial charge in [-0.2, -0.15) is 0 Å². The van der Waals surface area contributed by atoms with Crippen molar-refractivity contribution in [2.24, 2.45) is 0 Å². The molecule has 0 saturated heterocycles. The zero-order chi connectivity index (χ0) is 21.6. The van der Waals surface area contributed by atoms with Crippen LogP contribution in [-0.2, 0) is 23.1 Å². The van der Waals surface area contributed by atoms with Gasteiger partial charge in [0.15, 0.2) is 0 Å². The van der Waals surface area contributed by atoms with Crippen LogP contribution in [0, 0.1) is 0 Å². The first-order valence-corrected chi connectivity index (χ1v) is 12.0. The van der Waals surface area contributed by atoms with Gasteiger partial charge >= 0.3 is 0 Å². The molecule has 1 aliphatic rings. The second-order valence-electron chi connectivity index (χ2n) is 7.89. The molecule has 7 heteroatoms. The largest absolute Gasteiger partial charge is 0.348 e. The summed E-state index contributed by atoms with van der Waals surface area (Å²) >= 11 is 0. The van der Waals surface area contributed by atoms with Crippen LogP contribution < -0.4 is 10.0 Å². The quantitative estimate of drug-likeness (QED) is 0.675. The number of sulfonamides is 1. The third-order valence-corrected chi connectivity index (χ3v) is 7.30. The van der Waals surface area contributed by atoms with Gasteiger partial charge in [0, 0.05) is 24.7 Å². The Morgan fingerprint density at radius 1 is 1.00 bits per heavy atom. The summed E-state index contributed by atoms with van der Waals surface area (Å²) in [6.07, 6.45) is 6.47. The van der Waals surface area contributed by atoms with E-state index in [0.29, 0.717) is 18.2 Å². The van der Waals surface area contributed by atoms with E-state index in [9.17, 15) is 13.2 Å². The Morgan fingerprint density at radius 3 is 2.27 bits per heavy atom. The molecular weight excluding hydrogens is 398 g/mol. The molecule has 0 aromatic heterocycles. The van der Waals surface area contributed by atoms with Crippen LogP contribution in [0.5, 0.6) is 0 Å². The fraction of sp³-hybridized carbons (Fsp3) is 0.435. The number of hydrogen-bond acceptors (Lipinski definition) is 4. The fourth-order valence-electron chi connectivity index (χ4n) is 3.98. The van der Waals surface area contributed by atoms with Gasteiger partial charge in [0.25, 0.3) is 5.91 Å². The minimum absolute atomic E-state index is 0.137. The van der Waals surface area contributed by atoms with Crippen molar-refractivity contribution in [1.29, 1.82) is 0 Å². The van der Waals surface area contributed by atoms with Gasteiger partial charge in [-0.25, -0.2) is 13.1 Å². The number of benzene rings is 2. The van der Waals surface area contributed by atoms with Crippen molar-refractivity contribution in [3.05, 3.63) is 65.2 Å². The molecule has 1 amide bonds. The average molecular weight is 430 g/mol. The van der Waals surface area contributed by atoms with Crippen LogP contribution in [0.1, 0.15) is 53.6 Å². The lowest BCUT2D eigenvalue weighted by Gasteiger charge is -2.31. The summed E-state index contributed by atoms with van der Waals surface area (Å²) in [6, 6.07) is 14.8. The van der Waals surface area contributed by atoms with Gasteiger partial charge in [-0.05, 0) is 62.3 Å². The number of nitrogens with one attached hydrogen (secondary N) is 2. The van der Waals surface area contributed by atoms with E-state index < -0.39 is 10.0 Å². The fourth-order valence-corrected chi connectivity index (χ4v) is 4.71. The molecule has 30 heavy (non-hydrogen) atoms. The maximum atomic E-state index is 12.5. The lowest BCUT2D eigenvalue weighted by atomic mass is 9.94. The van der Waals surface area contributed by atoms with Crippen molar-refractivity contribution in [3.63, 3.8) is 0 Å². The van der Waals surface area contributed by atoms with Crippen molar-refractivity contribution in [2.45, 2.75) is 56.1 Å². The summed E-state index contributed by atoms with van der Waals surface area (Å²) in [6.45, 7) is 1.30. The summed E-state index contributed by atoms with van der Waals surface area (Å²) in [5.74, 6) is -0.223. The van der Waals surface area contributed by atoms with Crippen molar-refractivity contribution in [3.8, 4) is 0 Å². The number of carbonyl (C=O) groups excluding carboxylic acids is 1. The van der Waals surface area contributed by atoms with Gasteiger partial charge < -0.3 is 5.32 Å². The Kier molecular flexibility index (Phi) is 7.64. The minimum atomic E-state index is -3.51. The first-order valence-electron chi connectivity index (χ1n) is 10.5. The van der Waals surface area contributed by atoms with Crippen LogP contribution in [0.4, 0.5) is 0 Å². The van der Waals surface area contributed by atoms with Gasteiger partial charge in [-0.1, -0.05) is 43.5 Å². The second-order valence-corrected chi connectivity index (χ2v) is 9.78. The highest BCUT2D eigenvalue weighted by molar-refractivity contribution is 7.89. The number of amides is 1. The van der Waals surface area contributed by atoms with E-state index >= 15 is 0 Å². The molecule has 2 aromatic rings. The molecule has 0 atom stereocenters. The molecule has 0 unspecified atom stereocenters. The maximum absolute atomic E-state index is 12.5. The van der Waals surface area contributed by atoms with Crippen LogP contribution in [0.3, 0.4) is 0 Å². The van der Waals surface area contributed by atoms with E-state index in [-0.39, 0.29) is 10.8 Å². The van der Waals surface area contributed by atoms with Crippen molar-refractivity contribution >= 4 is 15.9 Å². The monoisotopic (exact) mass is 429 g/mol. The van der Waals surface area contributed by atoms with Gasteiger partial charge in [-0.3, -0.25) is 9.69 Å². The Hall–Kier alpha value is -2.22. The van der Waals surface area contributed by atoms with E-state index in [4.69, 9.17) is 0 Å². The number of rotatable bonds is 8. The van der Waals surface area contributed by atoms with Crippen LogP contribution in [0.25, 0.3) is 0 Å². The predicted molar refractivity (Wildman–Crippen MR) is 119 cm³/mol. The molecule has 0 spiro atoms. The SMILES string of the molecule is CNS(=O)(=O)c1ccc(C(=O)NCc2ccccc2CN(C)C2CCCCC2)cc1. The molecule has 162 valence electrons. The molecule has 1 saturated carbocycles. The Balaban J connectivity index is 1.62. The number of nitrogens with zero attached hydrogens (tertiary/aromatic N) is 1. The van der Waals surface area contributed by atoms with E-state index in [1.807, 2.05) is 18.2 Å². The molecule has 1 fully saturated rings. The zero-order valence-electron chi connectivity index (χ0n) is 17.7. The van der Waals surface area contributed by atoms with Crippen LogP contribution in [-0.4, -0.2) is 39.4 Å². The van der Waals surface area contributed by atoms with Crippen LogP contribution in [0.15, 0.2) is 53.4 Å². The van der Waals surface area contributed by atoms with Crippen molar-refractivity contribution in [1.82, 2.24) is 14.9 Å². The normalized spacial score (nSPS) is 15.3. The molecule has 2 N–H and O–H groups in total.